The number of nitrogens with one attached hydrogen (secondary N) is 3. The maximum absolute atomic E-state index is 12.2. The third-order valence-corrected chi connectivity index (χ3v) is 4.71. The topological polar surface area (TPSA) is 141 Å². The molecule has 0 bridgehead atoms. The molecule has 1 unspecified atom stereocenters. The molecule has 1 fully saturated rings. The third-order valence-electron chi connectivity index (χ3n) is 3.01. The van der Waals surface area contributed by atoms with Crippen molar-refractivity contribution < 1.29 is 23.1 Å². The Labute approximate surface area is 121 Å². The molecule has 1 amide bonds. The lowest BCUT2D eigenvalue weighted by Gasteiger charge is -2.14. The van der Waals surface area contributed by atoms with Crippen LogP contribution in [0.1, 0.15) is 35.9 Å². The number of nitrogens with zero attached hydrogens (tertiary/aromatic N) is 1. The van der Waals surface area contributed by atoms with Crippen LogP contribution in [0.5, 0.6) is 0 Å². The summed E-state index contributed by atoms with van der Waals surface area (Å²) < 4.78 is 26.6. The van der Waals surface area contributed by atoms with Gasteiger partial charge >= 0.3 is 5.97 Å². The smallest absolute Gasteiger partial charge is 0.357 e. The number of aromatic nitrogens is 2. The van der Waals surface area contributed by atoms with Crippen LogP contribution in [0.4, 0.5) is 0 Å². The Morgan fingerprint density at radius 3 is 2.57 bits per heavy atom. The number of aryl methyl sites for hydroxylation is 1. The fourth-order valence-electron chi connectivity index (χ4n) is 1.79. The quantitative estimate of drug-likeness (QED) is 0.550. The SMILES string of the molecule is Cc1[nH]nc(C(=O)O)c1S(=O)(=O)NC(C)C(=O)NC1CC1. The number of aromatic amines is 1. The minimum Gasteiger partial charge on any atom is -0.476 e. The molecule has 0 saturated heterocycles. The number of hydrogen-bond acceptors (Lipinski definition) is 5. The number of H-pyrrole nitrogens is 1. The van der Waals surface area contributed by atoms with Crippen LogP contribution in [0.2, 0.25) is 0 Å². The fourth-order valence-corrected chi connectivity index (χ4v) is 3.32. The molecule has 0 radical (unpaired) electrons. The average Bonchev–Trinajstić information content (AvgIpc) is 3.07. The molecule has 0 aliphatic heterocycles. The molecule has 1 aromatic heterocycles. The highest BCUT2D eigenvalue weighted by molar-refractivity contribution is 7.89. The maximum Gasteiger partial charge on any atom is 0.357 e. The van der Waals surface area contributed by atoms with E-state index < -0.39 is 38.5 Å². The molecule has 4 N–H and O–H groups in total. The second kappa shape index (κ2) is 5.45. The van der Waals surface area contributed by atoms with Gasteiger partial charge in [0.15, 0.2) is 5.69 Å². The second-order valence-corrected chi connectivity index (χ2v) is 6.61. The highest BCUT2D eigenvalue weighted by Crippen LogP contribution is 2.20. The summed E-state index contributed by atoms with van der Waals surface area (Å²) in [6.45, 7) is 2.79. The normalized spacial score (nSPS) is 16.5. The Morgan fingerprint density at radius 1 is 1.43 bits per heavy atom. The molecular weight excluding hydrogens is 300 g/mol. The fraction of sp³-hybridized carbons (Fsp3) is 0.545. The number of sulfonamides is 1. The molecule has 10 heteroatoms. The number of rotatable bonds is 6. The Balaban J connectivity index is 2.19. The van der Waals surface area contributed by atoms with Crippen molar-refractivity contribution in [3.8, 4) is 0 Å². The van der Waals surface area contributed by atoms with Gasteiger partial charge in [-0.25, -0.2) is 13.2 Å². The molecule has 1 saturated carbocycles. The van der Waals surface area contributed by atoms with Crippen LogP contribution < -0.4 is 10.0 Å². The molecular formula is C11H16N4O5S. The van der Waals surface area contributed by atoms with Crippen LogP contribution in [0, 0.1) is 6.92 Å². The average molecular weight is 316 g/mol. The molecule has 1 aliphatic carbocycles. The van der Waals surface area contributed by atoms with E-state index in [1.54, 1.807) is 0 Å². The van der Waals surface area contributed by atoms with Gasteiger partial charge in [-0.1, -0.05) is 0 Å². The Morgan fingerprint density at radius 2 is 2.05 bits per heavy atom. The largest absolute Gasteiger partial charge is 0.476 e. The standard InChI is InChI=1S/C11H16N4O5S/c1-5-9(8(11(17)18)14-13-5)21(19,20)15-6(2)10(16)12-7-3-4-7/h6-7,15H,3-4H2,1-2H3,(H,12,16)(H,13,14)(H,17,18). The van der Waals surface area contributed by atoms with E-state index in [0.717, 1.165) is 12.8 Å². The van der Waals surface area contributed by atoms with Crippen molar-refractivity contribution in [1.82, 2.24) is 20.2 Å². The van der Waals surface area contributed by atoms with Crippen molar-refractivity contribution in [2.45, 2.75) is 43.7 Å². The van der Waals surface area contributed by atoms with Crippen molar-refractivity contribution in [2.24, 2.45) is 0 Å². The van der Waals surface area contributed by atoms with Gasteiger partial charge in [0.25, 0.3) is 0 Å². The summed E-state index contributed by atoms with van der Waals surface area (Å²) >= 11 is 0. The lowest BCUT2D eigenvalue weighted by atomic mass is 10.3. The summed E-state index contributed by atoms with van der Waals surface area (Å²) in [5.41, 5.74) is -0.510. The van der Waals surface area contributed by atoms with Gasteiger partial charge in [0.05, 0.1) is 11.7 Å². The predicted molar refractivity (Wildman–Crippen MR) is 71.2 cm³/mol. The van der Waals surface area contributed by atoms with Gasteiger partial charge in [-0.15, -0.1) is 0 Å². The van der Waals surface area contributed by atoms with Crippen molar-refractivity contribution in [3.63, 3.8) is 0 Å². The number of hydrogen-bond donors (Lipinski definition) is 4. The first kappa shape index (κ1) is 15.4. The summed E-state index contributed by atoms with van der Waals surface area (Å²) in [6.07, 6.45) is 1.77. The van der Waals surface area contributed by atoms with E-state index in [-0.39, 0.29) is 11.7 Å². The highest BCUT2D eigenvalue weighted by atomic mass is 32.2. The van der Waals surface area contributed by atoms with Crippen LogP contribution in [0.3, 0.4) is 0 Å². The van der Waals surface area contributed by atoms with E-state index in [4.69, 9.17) is 5.11 Å². The third kappa shape index (κ3) is 3.39. The number of aromatic carboxylic acids is 1. The van der Waals surface area contributed by atoms with Gasteiger partial charge in [-0.3, -0.25) is 9.89 Å². The van der Waals surface area contributed by atoms with Crippen LogP contribution in [-0.2, 0) is 14.8 Å². The summed E-state index contributed by atoms with van der Waals surface area (Å²) in [6, 6.07) is -0.902. The molecule has 2 rings (SSSR count). The minimum atomic E-state index is -4.17. The predicted octanol–water partition coefficient (Wildman–Crippen LogP) is -0.638. The highest BCUT2D eigenvalue weighted by Gasteiger charge is 2.32. The van der Waals surface area contributed by atoms with Gasteiger partial charge in [-0.2, -0.15) is 9.82 Å². The molecule has 1 aromatic rings. The summed E-state index contributed by atoms with van der Waals surface area (Å²) in [5.74, 6) is -1.91. The molecule has 1 atom stereocenters. The van der Waals surface area contributed by atoms with Crippen molar-refractivity contribution >= 4 is 21.9 Å². The molecule has 9 nitrogen and oxygen atoms in total. The molecule has 0 spiro atoms. The molecule has 1 aliphatic rings. The molecule has 1 heterocycles. The van der Waals surface area contributed by atoms with Gasteiger partial charge in [0, 0.05) is 6.04 Å². The van der Waals surface area contributed by atoms with E-state index in [2.05, 4.69) is 20.2 Å². The van der Waals surface area contributed by atoms with E-state index >= 15 is 0 Å². The first-order valence-corrected chi connectivity index (χ1v) is 7.81. The minimum absolute atomic E-state index is 0.0923. The van der Waals surface area contributed by atoms with E-state index in [0.29, 0.717) is 0 Å². The van der Waals surface area contributed by atoms with Crippen molar-refractivity contribution in [1.29, 1.82) is 0 Å². The zero-order valence-electron chi connectivity index (χ0n) is 11.5. The number of carboxylic acids is 1. The number of carbonyl (C=O) groups excluding carboxylic acids is 1. The van der Waals surface area contributed by atoms with Gasteiger partial charge in [0.1, 0.15) is 4.90 Å². The number of amides is 1. The van der Waals surface area contributed by atoms with Crippen LogP contribution in [0.25, 0.3) is 0 Å². The van der Waals surface area contributed by atoms with Gasteiger partial charge in [-0.05, 0) is 26.7 Å². The second-order valence-electron chi connectivity index (χ2n) is 4.96. The zero-order valence-corrected chi connectivity index (χ0v) is 12.3. The monoisotopic (exact) mass is 316 g/mol. The maximum atomic E-state index is 12.2. The first-order valence-electron chi connectivity index (χ1n) is 6.33. The van der Waals surface area contributed by atoms with E-state index in [1.165, 1.54) is 13.8 Å². The first-order chi connectivity index (χ1) is 9.72. The Kier molecular flexibility index (Phi) is 4.01. The van der Waals surface area contributed by atoms with Crippen LogP contribution in [-0.4, -0.2) is 47.7 Å². The van der Waals surface area contributed by atoms with E-state index in [1.807, 2.05) is 0 Å². The Hall–Kier alpha value is -1.94. The summed E-state index contributed by atoms with van der Waals surface area (Å²) in [5, 5.41) is 17.4. The lowest BCUT2D eigenvalue weighted by Crippen LogP contribution is -2.45. The number of carboxylic acid groups (broad SMARTS) is 1. The van der Waals surface area contributed by atoms with Crippen molar-refractivity contribution in [2.75, 3.05) is 0 Å². The van der Waals surface area contributed by atoms with Crippen LogP contribution in [0.15, 0.2) is 4.90 Å². The lowest BCUT2D eigenvalue weighted by molar-refractivity contribution is -0.122. The molecule has 116 valence electrons. The molecule has 0 aromatic carbocycles. The summed E-state index contributed by atoms with van der Waals surface area (Å²) in [4.78, 5) is 22.3. The zero-order chi connectivity index (χ0) is 15.8. The van der Waals surface area contributed by atoms with Crippen molar-refractivity contribution in [3.05, 3.63) is 11.4 Å². The van der Waals surface area contributed by atoms with E-state index in [9.17, 15) is 18.0 Å². The van der Waals surface area contributed by atoms with Crippen LogP contribution >= 0.6 is 0 Å². The van der Waals surface area contributed by atoms with Gasteiger partial charge in [0.2, 0.25) is 15.9 Å². The number of carbonyl (C=O) groups is 2. The van der Waals surface area contributed by atoms with Gasteiger partial charge < -0.3 is 10.4 Å². The summed E-state index contributed by atoms with van der Waals surface area (Å²) in [7, 11) is -4.17. The molecule has 21 heavy (non-hydrogen) atoms. The Bertz CT molecular complexity index is 677.